The summed E-state index contributed by atoms with van der Waals surface area (Å²) >= 11 is 0. The minimum atomic E-state index is -0.0348. The molecule has 1 aromatic heterocycles. The highest BCUT2D eigenvalue weighted by Crippen LogP contribution is 2.29. The van der Waals surface area contributed by atoms with E-state index in [1.165, 1.54) is 0 Å². The van der Waals surface area contributed by atoms with E-state index in [1.54, 1.807) is 34.9 Å². The molecule has 0 saturated carbocycles. The molecule has 110 valence electrons. The maximum atomic E-state index is 11.6. The molecule has 0 fully saturated rings. The Morgan fingerprint density at radius 2 is 2.05 bits per heavy atom. The first-order valence-electron chi connectivity index (χ1n) is 6.45. The Bertz CT molecular complexity index is 412. The van der Waals surface area contributed by atoms with E-state index in [0.29, 0.717) is 19.4 Å². The van der Waals surface area contributed by atoms with Crippen LogP contribution in [0.3, 0.4) is 0 Å². The lowest BCUT2D eigenvalue weighted by Crippen LogP contribution is -2.09. The molecule has 0 bridgehead atoms. The number of ether oxygens (including phenoxy) is 1. The fourth-order valence-electron chi connectivity index (χ4n) is 1.44. The number of aromatic nitrogens is 1. The summed E-state index contributed by atoms with van der Waals surface area (Å²) in [5.74, 6) is 0.862. The highest BCUT2D eigenvalue weighted by Gasteiger charge is 2.09. The van der Waals surface area contributed by atoms with E-state index in [9.17, 15) is 9.59 Å². The summed E-state index contributed by atoms with van der Waals surface area (Å²) in [6.45, 7) is 0.392. The molecule has 0 radical (unpaired) electrons. The Labute approximate surface area is 127 Å². The summed E-state index contributed by atoms with van der Waals surface area (Å²) in [4.78, 5) is 27.1. The third-order valence-electron chi connectivity index (χ3n) is 2.44. The maximum absolute atomic E-state index is 11.6. The van der Waals surface area contributed by atoms with Crippen molar-refractivity contribution in [1.82, 2.24) is 4.98 Å². The van der Waals surface area contributed by atoms with Crippen LogP contribution in [0.15, 0.2) is 29.4 Å². The van der Waals surface area contributed by atoms with Gasteiger partial charge < -0.3 is 4.74 Å². The first kappa shape index (κ1) is 17.2. The molecule has 20 heavy (non-hydrogen) atoms. The van der Waals surface area contributed by atoms with Crippen LogP contribution in [0.4, 0.5) is 0 Å². The highest BCUT2D eigenvalue weighted by atomic mass is 33.1. The molecule has 0 spiro atoms. The summed E-state index contributed by atoms with van der Waals surface area (Å²) in [5, 5.41) is 0.971. The molecule has 0 aliphatic rings. The maximum Gasteiger partial charge on any atom is 0.142 e. The van der Waals surface area contributed by atoms with Gasteiger partial charge in [0.2, 0.25) is 0 Å². The van der Waals surface area contributed by atoms with Crippen molar-refractivity contribution < 1.29 is 14.3 Å². The van der Waals surface area contributed by atoms with E-state index in [-0.39, 0.29) is 18.0 Å². The molecule has 0 aromatic carbocycles. The SMILES string of the molecule is COCCC(=O)CC(=O)CCCSSc1ccccn1. The summed E-state index contributed by atoms with van der Waals surface area (Å²) in [5.41, 5.74) is 0. The quantitative estimate of drug-likeness (QED) is 0.355. The monoisotopic (exact) mass is 313 g/mol. The van der Waals surface area contributed by atoms with Crippen molar-refractivity contribution in [3.8, 4) is 0 Å². The number of hydrogen-bond donors (Lipinski definition) is 0. The number of Topliss-reactive ketones (excluding diaryl/α,β-unsaturated/α-hetero) is 2. The molecule has 0 amide bonds. The zero-order valence-corrected chi connectivity index (χ0v) is 13.2. The van der Waals surface area contributed by atoms with Crippen molar-refractivity contribution in [3.63, 3.8) is 0 Å². The Kier molecular flexibility index (Phi) is 9.36. The number of carbonyl (C=O) groups is 2. The Balaban J connectivity index is 2.03. The predicted octanol–water partition coefficient (Wildman–Crippen LogP) is 3.17. The van der Waals surface area contributed by atoms with Crippen LogP contribution in [0.5, 0.6) is 0 Å². The van der Waals surface area contributed by atoms with Crippen LogP contribution in [-0.4, -0.2) is 36.0 Å². The van der Waals surface area contributed by atoms with Gasteiger partial charge in [-0.1, -0.05) is 16.9 Å². The minimum absolute atomic E-state index is 0.0227. The van der Waals surface area contributed by atoms with Gasteiger partial charge in [0.25, 0.3) is 0 Å². The van der Waals surface area contributed by atoms with E-state index >= 15 is 0 Å². The highest BCUT2D eigenvalue weighted by molar-refractivity contribution is 8.76. The molecule has 1 heterocycles. The van der Waals surface area contributed by atoms with Gasteiger partial charge in [0.1, 0.15) is 16.6 Å². The van der Waals surface area contributed by atoms with Crippen LogP contribution < -0.4 is 0 Å². The van der Waals surface area contributed by atoms with Gasteiger partial charge in [-0.15, -0.1) is 0 Å². The largest absolute Gasteiger partial charge is 0.384 e. The van der Waals surface area contributed by atoms with E-state index < -0.39 is 0 Å². The Morgan fingerprint density at radius 1 is 1.25 bits per heavy atom. The number of carbonyl (C=O) groups excluding carboxylic acids is 2. The summed E-state index contributed by atoms with van der Waals surface area (Å²) in [7, 11) is 4.83. The van der Waals surface area contributed by atoms with Gasteiger partial charge in [-0.3, -0.25) is 9.59 Å². The van der Waals surface area contributed by atoms with Crippen LogP contribution in [-0.2, 0) is 14.3 Å². The smallest absolute Gasteiger partial charge is 0.142 e. The zero-order valence-electron chi connectivity index (χ0n) is 11.5. The fraction of sp³-hybridized carbons (Fsp3) is 0.500. The second-order valence-electron chi connectivity index (χ2n) is 4.17. The van der Waals surface area contributed by atoms with Gasteiger partial charge in [-0.2, -0.15) is 0 Å². The fourth-order valence-corrected chi connectivity index (χ4v) is 3.41. The normalized spacial score (nSPS) is 10.4. The van der Waals surface area contributed by atoms with Crippen molar-refractivity contribution in [2.75, 3.05) is 19.5 Å². The van der Waals surface area contributed by atoms with Crippen molar-refractivity contribution in [3.05, 3.63) is 24.4 Å². The Morgan fingerprint density at radius 3 is 2.75 bits per heavy atom. The van der Waals surface area contributed by atoms with Gasteiger partial charge in [-0.25, -0.2) is 4.98 Å². The van der Waals surface area contributed by atoms with Crippen LogP contribution in [0.2, 0.25) is 0 Å². The third-order valence-corrected chi connectivity index (χ3v) is 4.80. The molecular formula is C14H19NO3S2. The van der Waals surface area contributed by atoms with E-state index in [4.69, 9.17) is 4.74 Å². The molecule has 6 heteroatoms. The van der Waals surface area contributed by atoms with Gasteiger partial charge in [0.15, 0.2) is 0 Å². The molecule has 0 N–H and O–H groups in total. The zero-order chi connectivity index (χ0) is 14.6. The number of rotatable bonds is 11. The van der Waals surface area contributed by atoms with Gasteiger partial charge in [-0.05, 0) is 29.3 Å². The summed E-state index contributed by atoms with van der Waals surface area (Å²) < 4.78 is 4.81. The van der Waals surface area contributed by atoms with Crippen LogP contribution >= 0.6 is 21.6 Å². The van der Waals surface area contributed by atoms with E-state index in [2.05, 4.69) is 4.98 Å². The van der Waals surface area contributed by atoms with E-state index in [0.717, 1.165) is 17.2 Å². The van der Waals surface area contributed by atoms with Crippen molar-refractivity contribution in [2.45, 2.75) is 30.7 Å². The van der Waals surface area contributed by atoms with Crippen molar-refractivity contribution in [1.29, 1.82) is 0 Å². The first-order valence-corrected chi connectivity index (χ1v) is 8.77. The molecule has 0 aliphatic heterocycles. The predicted molar refractivity (Wildman–Crippen MR) is 82.9 cm³/mol. The molecule has 4 nitrogen and oxygen atoms in total. The lowest BCUT2D eigenvalue weighted by molar-refractivity contribution is -0.127. The molecule has 0 unspecified atom stereocenters. The minimum Gasteiger partial charge on any atom is -0.384 e. The van der Waals surface area contributed by atoms with Crippen LogP contribution in [0, 0.1) is 0 Å². The number of ketones is 2. The molecule has 0 aliphatic carbocycles. The topological polar surface area (TPSA) is 56.3 Å². The second kappa shape index (κ2) is 10.9. The lowest BCUT2D eigenvalue weighted by Gasteiger charge is -2.01. The molecular weight excluding hydrogens is 294 g/mol. The Hall–Kier alpha value is -0.850. The van der Waals surface area contributed by atoms with Gasteiger partial charge >= 0.3 is 0 Å². The van der Waals surface area contributed by atoms with Crippen molar-refractivity contribution >= 4 is 33.2 Å². The number of nitrogens with zero attached hydrogens (tertiary/aromatic N) is 1. The van der Waals surface area contributed by atoms with Gasteiger partial charge in [0, 0.05) is 31.9 Å². The average molecular weight is 313 g/mol. The number of pyridine rings is 1. The number of hydrogen-bond acceptors (Lipinski definition) is 6. The third kappa shape index (κ3) is 8.35. The molecule has 1 rings (SSSR count). The molecule has 1 aromatic rings. The van der Waals surface area contributed by atoms with Crippen LogP contribution in [0.1, 0.15) is 25.7 Å². The van der Waals surface area contributed by atoms with Crippen LogP contribution in [0.25, 0.3) is 0 Å². The lowest BCUT2D eigenvalue weighted by atomic mass is 10.1. The summed E-state index contributed by atoms with van der Waals surface area (Å²) in [6.07, 6.45) is 3.39. The standard InChI is InChI=1S/C14H19NO3S2/c1-18-9-7-13(17)11-12(16)5-4-10-19-20-14-6-2-3-8-15-14/h2-3,6,8H,4-5,7,9-11H2,1H3. The summed E-state index contributed by atoms with van der Waals surface area (Å²) in [6, 6.07) is 5.79. The first-order chi connectivity index (χ1) is 9.72. The second-order valence-corrected chi connectivity index (χ2v) is 6.61. The number of methoxy groups -OCH3 is 1. The molecule has 0 atom stereocenters. The van der Waals surface area contributed by atoms with Gasteiger partial charge in [0.05, 0.1) is 13.0 Å². The molecule has 0 saturated heterocycles. The van der Waals surface area contributed by atoms with E-state index in [1.807, 2.05) is 18.2 Å². The van der Waals surface area contributed by atoms with Crippen molar-refractivity contribution in [2.24, 2.45) is 0 Å². The average Bonchev–Trinajstić information content (AvgIpc) is 2.46.